The number of benzene rings is 1. The second-order valence-electron chi connectivity index (χ2n) is 6.79. The number of fused-ring (bicyclic) bond motifs is 2. The molecule has 7 nitrogen and oxygen atoms in total. The molecule has 1 saturated heterocycles. The van der Waals surface area contributed by atoms with Gasteiger partial charge in [0.15, 0.2) is 0 Å². The first-order valence-corrected chi connectivity index (χ1v) is 8.66. The number of hydrogen-bond donors (Lipinski definition) is 1. The van der Waals surface area contributed by atoms with Crippen LogP contribution in [0, 0.1) is 5.92 Å². The molecule has 2 amide bonds. The molecule has 1 aromatic heterocycles. The van der Waals surface area contributed by atoms with Crippen LogP contribution < -0.4 is 11.3 Å². The molecule has 0 bridgehead atoms. The van der Waals surface area contributed by atoms with Crippen LogP contribution in [0.15, 0.2) is 23.0 Å². The Kier molecular flexibility index (Phi) is 3.78. The summed E-state index contributed by atoms with van der Waals surface area (Å²) in [6, 6.07) is 5.09. The minimum absolute atomic E-state index is 0.0289. The molecule has 0 atom stereocenters. The van der Waals surface area contributed by atoms with E-state index in [1.165, 1.54) is 0 Å². The van der Waals surface area contributed by atoms with E-state index in [1.807, 2.05) is 0 Å². The second kappa shape index (κ2) is 5.98. The first-order valence-electron chi connectivity index (χ1n) is 8.66. The van der Waals surface area contributed by atoms with Crippen LogP contribution in [0.3, 0.4) is 0 Å². The fourth-order valence-corrected chi connectivity index (χ4v) is 3.77. The Morgan fingerprint density at radius 2 is 1.92 bits per heavy atom. The fourth-order valence-electron chi connectivity index (χ4n) is 3.77. The number of likely N-dealkylation sites (tertiary alicyclic amines) is 1. The zero-order valence-electron chi connectivity index (χ0n) is 13.9. The Morgan fingerprint density at radius 3 is 2.64 bits per heavy atom. The molecule has 3 heterocycles. The quantitative estimate of drug-likeness (QED) is 0.869. The van der Waals surface area contributed by atoms with E-state index in [4.69, 9.17) is 5.73 Å². The van der Waals surface area contributed by atoms with Crippen LogP contribution in [-0.4, -0.2) is 39.4 Å². The monoisotopic (exact) mass is 340 g/mol. The van der Waals surface area contributed by atoms with Crippen LogP contribution in [0.2, 0.25) is 0 Å². The highest BCUT2D eigenvalue weighted by molar-refractivity contribution is 5.97. The third-order valence-corrected chi connectivity index (χ3v) is 5.25. The van der Waals surface area contributed by atoms with E-state index in [1.54, 1.807) is 27.7 Å². The maximum atomic E-state index is 12.7. The fraction of sp³-hybridized carbons (Fsp3) is 0.444. The number of aromatic nitrogens is 2. The molecule has 130 valence electrons. The highest BCUT2D eigenvalue weighted by atomic mass is 16.2. The Bertz CT molecular complexity index is 926. The third-order valence-electron chi connectivity index (χ3n) is 5.25. The van der Waals surface area contributed by atoms with Crippen molar-refractivity contribution in [3.05, 3.63) is 39.9 Å². The number of primary amides is 1. The maximum Gasteiger partial charge on any atom is 0.261 e. The number of nitrogens with two attached hydrogens (primary N) is 1. The molecule has 0 radical (unpaired) electrons. The van der Waals surface area contributed by atoms with Gasteiger partial charge in [-0.1, -0.05) is 0 Å². The molecule has 2 N–H and O–H groups in total. The van der Waals surface area contributed by atoms with Gasteiger partial charge in [0.2, 0.25) is 5.91 Å². The number of rotatable bonds is 2. The lowest BCUT2D eigenvalue weighted by molar-refractivity contribution is -0.123. The average Bonchev–Trinajstić information content (AvgIpc) is 3.09. The Hall–Kier alpha value is -2.70. The van der Waals surface area contributed by atoms with E-state index in [0.717, 1.165) is 18.7 Å². The van der Waals surface area contributed by atoms with E-state index in [0.29, 0.717) is 48.9 Å². The molecule has 25 heavy (non-hydrogen) atoms. The van der Waals surface area contributed by atoms with Crippen LogP contribution >= 0.6 is 0 Å². The molecular formula is C18H20N4O3. The van der Waals surface area contributed by atoms with Gasteiger partial charge in [-0.15, -0.1) is 0 Å². The predicted octanol–water partition coefficient (Wildman–Crippen LogP) is 0.680. The summed E-state index contributed by atoms with van der Waals surface area (Å²) in [6.45, 7) is 1.75. The molecule has 0 saturated carbocycles. The summed E-state index contributed by atoms with van der Waals surface area (Å²) in [4.78, 5) is 42.8. The van der Waals surface area contributed by atoms with E-state index in [9.17, 15) is 14.4 Å². The number of carbonyl (C=O) groups excluding carboxylic acids is 2. The molecule has 4 rings (SSSR count). The number of aryl methyl sites for hydroxylation is 1. The highest BCUT2D eigenvalue weighted by Crippen LogP contribution is 2.21. The molecular weight excluding hydrogens is 320 g/mol. The van der Waals surface area contributed by atoms with Crippen molar-refractivity contribution in [3.63, 3.8) is 0 Å². The summed E-state index contributed by atoms with van der Waals surface area (Å²) < 4.78 is 1.72. The van der Waals surface area contributed by atoms with Gasteiger partial charge in [-0.2, -0.15) is 0 Å². The zero-order chi connectivity index (χ0) is 17.6. The van der Waals surface area contributed by atoms with Crippen LogP contribution in [-0.2, 0) is 17.8 Å². The Labute approximate surface area is 144 Å². The van der Waals surface area contributed by atoms with Crippen molar-refractivity contribution >= 4 is 22.7 Å². The van der Waals surface area contributed by atoms with Crippen molar-refractivity contribution in [3.8, 4) is 0 Å². The number of piperidine rings is 1. The molecule has 1 fully saturated rings. The van der Waals surface area contributed by atoms with Gasteiger partial charge < -0.3 is 10.6 Å². The molecule has 1 aromatic carbocycles. The smallest absolute Gasteiger partial charge is 0.261 e. The van der Waals surface area contributed by atoms with Crippen molar-refractivity contribution in [2.24, 2.45) is 11.7 Å². The largest absolute Gasteiger partial charge is 0.369 e. The van der Waals surface area contributed by atoms with Crippen molar-refractivity contribution in [2.75, 3.05) is 13.1 Å². The summed E-state index contributed by atoms with van der Waals surface area (Å²) in [5, 5.41) is 0.551. The molecule has 2 aliphatic rings. The first-order chi connectivity index (χ1) is 12.0. The normalized spacial score (nSPS) is 17.7. The summed E-state index contributed by atoms with van der Waals surface area (Å²) >= 11 is 0. The lowest BCUT2D eigenvalue weighted by Crippen LogP contribution is -2.41. The summed E-state index contributed by atoms with van der Waals surface area (Å²) in [6.07, 6.45) is 2.92. The lowest BCUT2D eigenvalue weighted by atomic mass is 9.96. The number of hydrogen-bond acceptors (Lipinski definition) is 4. The summed E-state index contributed by atoms with van der Waals surface area (Å²) in [7, 11) is 0. The van der Waals surface area contributed by atoms with Gasteiger partial charge in [0.1, 0.15) is 5.82 Å². The summed E-state index contributed by atoms with van der Waals surface area (Å²) in [5.74, 6) is 0.262. The van der Waals surface area contributed by atoms with Gasteiger partial charge in [0.05, 0.1) is 10.9 Å². The second-order valence-corrected chi connectivity index (χ2v) is 6.79. The van der Waals surface area contributed by atoms with E-state index < -0.39 is 0 Å². The van der Waals surface area contributed by atoms with Gasteiger partial charge in [-0.05, 0) is 37.5 Å². The van der Waals surface area contributed by atoms with Gasteiger partial charge in [-0.25, -0.2) is 4.98 Å². The van der Waals surface area contributed by atoms with Crippen molar-refractivity contribution in [2.45, 2.75) is 32.2 Å². The molecule has 7 heteroatoms. The summed E-state index contributed by atoms with van der Waals surface area (Å²) in [5.41, 5.74) is 6.42. The minimum Gasteiger partial charge on any atom is -0.369 e. The van der Waals surface area contributed by atoms with Gasteiger partial charge >= 0.3 is 0 Å². The van der Waals surface area contributed by atoms with Gasteiger partial charge in [0, 0.05) is 37.5 Å². The topological polar surface area (TPSA) is 98.3 Å². The van der Waals surface area contributed by atoms with Crippen LogP contribution in [0.5, 0.6) is 0 Å². The highest BCUT2D eigenvalue weighted by Gasteiger charge is 2.27. The molecule has 2 aliphatic heterocycles. The molecule has 0 spiro atoms. The SMILES string of the molecule is NC(=O)C1CCN(C(=O)c2ccc3c(=O)n4c(nc3c2)CCC4)CC1. The average molecular weight is 340 g/mol. The van der Waals surface area contributed by atoms with Crippen molar-refractivity contribution < 1.29 is 9.59 Å². The van der Waals surface area contributed by atoms with E-state index in [-0.39, 0.29) is 23.3 Å². The number of nitrogens with zero attached hydrogens (tertiary/aromatic N) is 3. The van der Waals surface area contributed by atoms with Crippen LogP contribution in [0.4, 0.5) is 0 Å². The Balaban J connectivity index is 1.62. The predicted molar refractivity (Wildman–Crippen MR) is 92.1 cm³/mol. The first kappa shape index (κ1) is 15.8. The standard InChI is InChI=1S/C18H20N4O3/c19-16(23)11-5-8-21(9-6-11)17(24)12-3-4-13-14(10-12)20-15-2-1-7-22(15)18(13)25/h3-4,10-11H,1-2,5-9H2,(H2,19,23). The van der Waals surface area contributed by atoms with E-state index >= 15 is 0 Å². The van der Waals surface area contributed by atoms with E-state index in [2.05, 4.69) is 4.98 Å². The maximum absolute atomic E-state index is 12.7. The van der Waals surface area contributed by atoms with Crippen molar-refractivity contribution in [1.29, 1.82) is 0 Å². The van der Waals surface area contributed by atoms with Gasteiger partial charge in [-0.3, -0.25) is 19.0 Å². The molecule has 0 unspecified atom stereocenters. The molecule has 0 aliphatic carbocycles. The zero-order valence-corrected chi connectivity index (χ0v) is 13.9. The van der Waals surface area contributed by atoms with Crippen molar-refractivity contribution in [1.82, 2.24) is 14.5 Å². The van der Waals surface area contributed by atoms with Crippen LogP contribution in [0.25, 0.3) is 10.9 Å². The number of carbonyl (C=O) groups is 2. The van der Waals surface area contributed by atoms with Gasteiger partial charge in [0.25, 0.3) is 11.5 Å². The minimum atomic E-state index is -0.295. The Morgan fingerprint density at radius 1 is 1.16 bits per heavy atom. The van der Waals surface area contributed by atoms with Crippen LogP contribution in [0.1, 0.15) is 35.4 Å². The lowest BCUT2D eigenvalue weighted by Gasteiger charge is -2.30. The number of amides is 2. The molecule has 2 aromatic rings. The third kappa shape index (κ3) is 2.69.